The molecule has 8 saturated heterocycles. The number of nitrogens with two attached hydrogens (primary N) is 3. The third-order valence-electron chi connectivity index (χ3n) is 12.5. The summed E-state index contributed by atoms with van der Waals surface area (Å²) in [7, 11) is 0. The molecule has 0 radical (unpaired) electrons. The van der Waals surface area contributed by atoms with E-state index in [1.54, 1.807) is 20.8 Å². The average molecular weight is 1290 g/mol. The second-order valence-electron chi connectivity index (χ2n) is 21.2. The number of hydrogen-bond donors (Lipinski definition) is 9. The third kappa shape index (κ3) is 29.6. The zero-order valence-corrected chi connectivity index (χ0v) is 51.9. The van der Waals surface area contributed by atoms with E-state index < -0.39 is 80.3 Å². The first-order valence-corrected chi connectivity index (χ1v) is 26.8. The molecule has 0 unspecified atom stereocenters. The van der Waals surface area contributed by atoms with Crippen LogP contribution in [0.4, 0.5) is 9.59 Å². The molecule has 0 aromatic heterocycles. The van der Waals surface area contributed by atoms with Gasteiger partial charge in [0.15, 0.2) is 24.4 Å². The number of ether oxygens (including phenoxy) is 10. The number of aliphatic hydroxyl groups is 1. The van der Waals surface area contributed by atoms with Crippen molar-refractivity contribution in [2.24, 2.45) is 17.2 Å². The number of esters is 1. The minimum absolute atomic E-state index is 0. The molecule has 8 fully saturated rings. The van der Waals surface area contributed by atoms with E-state index in [1.165, 1.54) is 5.01 Å². The van der Waals surface area contributed by atoms with Gasteiger partial charge in [-0.3, -0.25) is 9.80 Å². The maximum absolute atomic E-state index is 11.6. The van der Waals surface area contributed by atoms with Crippen LogP contribution in [0.25, 0.3) is 5.01 Å². The van der Waals surface area contributed by atoms with Crippen LogP contribution >= 0.6 is 0 Å². The summed E-state index contributed by atoms with van der Waals surface area (Å²) < 4.78 is 53.4. The maximum Gasteiger partial charge on any atom is 1.00 e. The summed E-state index contributed by atoms with van der Waals surface area (Å²) >= 11 is 0. The van der Waals surface area contributed by atoms with Crippen molar-refractivity contribution < 1.29 is 158 Å². The van der Waals surface area contributed by atoms with Crippen LogP contribution in [0.5, 0.6) is 0 Å². The molecule has 0 spiro atoms. The van der Waals surface area contributed by atoms with Crippen molar-refractivity contribution >= 4 is 18.1 Å². The smallest absolute Gasteiger partial charge is 0.539 e. The van der Waals surface area contributed by atoms with Gasteiger partial charge in [-0.15, -0.1) is 40.5 Å². The van der Waals surface area contributed by atoms with Crippen molar-refractivity contribution in [1.82, 2.24) is 26.6 Å². The van der Waals surface area contributed by atoms with E-state index in [4.69, 9.17) is 81.5 Å². The van der Waals surface area contributed by atoms with Crippen LogP contribution in [-0.4, -0.2) is 251 Å². The Hall–Kier alpha value is -4.82. The van der Waals surface area contributed by atoms with Gasteiger partial charge in [-0.25, -0.2) is 16.2 Å². The molecule has 0 bridgehead atoms. The maximum atomic E-state index is 11.6. The van der Waals surface area contributed by atoms with Gasteiger partial charge in [0, 0.05) is 39.1 Å². The zero-order chi connectivity index (χ0) is 63.4. The van der Waals surface area contributed by atoms with Gasteiger partial charge in [0.25, 0.3) is 20.3 Å². The first kappa shape index (κ1) is 80.2. The number of alkyl carbamates (subject to hydrolysis) is 1. The molecule has 8 heterocycles. The number of carbonyl (C=O) groups excluding carboxylic acids is 3. The van der Waals surface area contributed by atoms with E-state index >= 15 is 0 Å². The summed E-state index contributed by atoms with van der Waals surface area (Å²) in [4.78, 5) is 91.8. The first-order chi connectivity index (χ1) is 40.1. The van der Waals surface area contributed by atoms with Crippen molar-refractivity contribution in [3.63, 3.8) is 0 Å². The normalized spacial score (nSPS) is 29.9. The summed E-state index contributed by atoms with van der Waals surface area (Å²) in [5, 5.41) is 70.2. The molecule has 0 aromatic rings. The number of carbonyl (C=O) groups is 3. The molecular formula is C46H84KN13O27. The minimum Gasteiger partial charge on any atom is -0.539 e. The number of amides is 3. The van der Waals surface area contributed by atoms with Crippen molar-refractivity contribution in [1.29, 1.82) is 0 Å². The topological polar surface area (TPSA) is 539 Å². The number of aliphatic hydroxyl groups excluding tert-OH is 1. The molecule has 0 saturated carbocycles. The van der Waals surface area contributed by atoms with Gasteiger partial charge in [-0.1, -0.05) is 7.43 Å². The molecule has 40 nitrogen and oxygen atoms in total. The Morgan fingerprint density at radius 2 is 0.908 bits per heavy atom. The van der Waals surface area contributed by atoms with Crippen molar-refractivity contribution in [3.05, 3.63) is 57.2 Å². The van der Waals surface area contributed by atoms with Gasteiger partial charge >= 0.3 is 69.5 Å². The summed E-state index contributed by atoms with van der Waals surface area (Å²) in [6, 6.07) is -0.891. The molecule has 0 aromatic carbocycles. The molecule has 8 aliphatic heterocycles. The van der Waals surface area contributed by atoms with Crippen molar-refractivity contribution in [3.8, 4) is 0 Å². The van der Waals surface area contributed by atoms with E-state index in [0.29, 0.717) is 72.0 Å². The SMILES string of the molecule is C.CC(C)(C)OC(=O)CCCN[C@@H]1CO[C@H]2[C@@H]1OC[C@@H]2O[N+](=O)[O-].CC(C)(C)OC(=O)NCCO.NC(=O)NCCN[C@@H]1CO[C@H]2[C@@H]1OC[C@@H]2O[N+](=O)[O-].NCCN[C@@H]1CO[C@H]2[C@@H]1OC[C@@H]2O[N+](=O)[O-].N[C@@H]1CO[C@H]2[C@@H]1OC[C@@H]2O[N+](=O)[O-].[C-]#[N+][O-].[K+]. The van der Waals surface area contributed by atoms with Crippen LogP contribution in [0, 0.1) is 52.2 Å². The van der Waals surface area contributed by atoms with Crippen LogP contribution in [0.1, 0.15) is 61.8 Å². The van der Waals surface area contributed by atoms with Crippen LogP contribution in [0.3, 0.4) is 0 Å². The molecule has 0 aliphatic carbocycles. The van der Waals surface area contributed by atoms with Gasteiger partial charge in [-0.05, 0) is 54.5 Å². The van der Waals surface area contributed by atoms with Gasteiger partial charge in [0.2, 0.25) is 0 Å². The fourth-order valence-corrected chi connectivity index (χ4v) is 9.31. The van der Waals surface area contributed by atoms with Gasteiger partial charge < -0.3 is 121 Å². The Morgan fingerprint density at radius 3 is 1.26 bits per heavy atom. The number of nitrogens with one attached hydrogen (secondary N) is 5. The fourth-order valence-electron chi connectivity index (χ4n) is 9.31. The number of primary amides is 1. The molecule has 8 rings (SSSR count). The number of rotatable bonds is 22. The van der Waals surface area contributed by atoms with Crippen LogP contribution in [0.2, 0.25) is 0 Å². The number of urea groups is 1. The number of nitrogens with zero attached hydrogens (tertiary/aromatic N) is 5. The van der Waals surface area contributed by atoms with Gasteiger partial charge in [0.1, 0.15) is 60.0 Å². The van der Waals surface area contributed by atoms with E-state index in [-0.39, 0.29) is 165 Å². The van der Waals surface area contributed by atoms with Crippen molar-refractivity contribution in [2.45, 2.75) is 170 Å². The molecule has 87 heavy (non-hydrogen) atoms. The molecule has 41 heteroatoms. The van der Waals surface area contributed by atoms with E-state index in [9.17, 15) is 54.8 Å². The molecule has 8 aliphatic rings. The Morgan fingerprint density at radius 1 is 0.563 bits per heavy atom. The Balaban J connectivity index is 0.000000545. The zero-order valence-electron chi connectivity index (χ0n) is 48.8. The minimum atomic E-state index is -0.836. The molecule has 16 atom stereocenters. The van der Waals surface area contributed by atoms with Crippen molar-refractivity contribution in [2.75, 3.05) is 98.7 Å². The van der Waals surface area contributed by atoms with Gasteiger partial charge in [0.05, 0.1) is 83.6 Å². The standard InChI is InChI=1S/C14H24N2O7.C9H16N4O6.C8H15N3O5.C7H15NO3.C6H10N2O5.CNO.CH4.K/c1-14(2,3)22-11(17)5-4-6-15-9-7-20-13-10(23-16(18)19)8-21-12(9)13;10-9(14)12-2-1-11-5-3-17-8-6(19-13(15)16)4-18-7(5)8;9-1-2-10-5-3-14-8-6(16-11(12)13)4-15-7(5)8;1-7(2,3)11-6(10)8-4-5-9;7-3-1-11-6-4(13-8(9)10)2-12-5(3)6;1-2-3;;/h9-10,12-13,15H,4-8H2,1-3H3;5-8,11H,1-4H2,(H3,10,12,14);5-8,10H,1-4,9H2;9H,4-5H2,1-3H3,(H,8,10);3-6H,1-2,7H2;;1H4;/q;;;;;-1;;+1/t9-,10+,12-,13-;2*5-,6+,7-,8-;;3-,4+,5-,6-;;;/m111.1.../s1. The van der Waals surface area contributed by atoms with E-state index in [2.05, 4.69) is 45.9 Å². The summed E-state index contributed by atoms with van der Waals surface area (Å²) in [5.41, 5.74) is 15.0. The molecule has 496 valence electrons. The van der Waals surface area contributed by atoms with Gasteiger partial charge in [-0.2, -0.15) is 0 Å². The predicted octanol–water partition coefficient (Wildman–Crippen LogP) is -6.06. The molecular weight excluding hydrogens is 1210 g/mol. The fraction of sp³-hybridized carbons (Fsp3) is 0.913. The van der Waals surface area contributed by atoms with E-state index in [1.807, 2.05) is 20.8 Å². The second-order valence-corrected chi connectivity index (χ2v) is 21.2. The summed E-state index contributed by atoms with van der Waals surface area (Å²) in [5.74, 6) is -0.226. The Bertz CT molecular complexity index is 2140. The average Bonchev–Trinajstić information content (AvgIpc) is 2.35. The molecule has 3 amide bonds. The quantitative estimate of drug-likeness (QED) is 0.0122. The second kappa shape index (κ2) is 40.7. The number of fused-ring (bicyclic) bond motifs is 4. The first-order valence-electron chi connectivity index (χ1n) is 26.8. The summed E-state index contributed by atoms with van der Waals surface area (Å²) in [6.07, 6.45) is -4.74. The van der Waals surface area contributed by atoms with E-state index in [0.717, 1.165) is 0 Å². The van der Waals surface area contributed by atoms with Crippen LogP contribution in [-0.2, 0) is 71.5 Å². The molecule has 12 N–H and O–H groups in total. The van der Waals surface area contributed by atoms with Crippen LogP contribution in [0.15, 0.2) is 0 Å². The number of hydrogen-bond acceptors (Lipinski definition) is 32. The predicted molar refractivity (Wildman–Crippen MR) is 288 cm³/mol. The summed E-state index contributed by atoms with van der Waals surface area (Å²) in [6.45, 7) is 21.2. The van der Waals surface area contributed by atoms with Crippen LogP contribution < -0.4 is 95.2 Å². The Kier molecular flexibility index (Phi) is 37.5. The third-order valence-corrected chi connectivity index (χ3v) is 12.5. The Labute approximate surface area is 542 Å². The largest absolute Gasteiger partial charge is 1.00 e. The monoisotopic (exact) mass is 1290 g/mol.